The van der Waals surface area contributed by atoms with E-state index in [0.717, 1.165) is 37.8 Å². The van der Waals surface area contributed by atoms with E-state index in [1.807, 2.05) is 0 Å². The molecule has 0 heterocycles. The van der Waals surface area contributed by atoms with Crippen molar-refractivity contribution in [2.75, 3.05) is 5.32 Å². The summed E-state index contributed by atoms with van der Waals surface area (Å²) >= 11 is 0. The number of alkyl halides is 3. The van der Waals surface area contributed by atoms with Crippen LogP contribution in [0, 0.1) is 0 Å². The number of benzene rings is 2. The number of carbonyl (C=O) groups excluding carboxylic acids is 2. The zero-order chi connectivity index (χ0) is 21.7. The van der Waals surface area contributed by atoms with Crippen LogP contribution in [0.1, 0.15) is 48.5 Å². The maximum Gasteiger partial charge on any atom is 0.416 e. The lowest BCUT2D eigenvalue weighted by Crippen LogP contribution is -2.41. The highest BCUT2D eigenvalue weighted by Crippen LogP contribution is 2.30. The largest absolute Gasteiger partial charge is 0.490 e. The average molecular weight is 420 g/mol. The lowest BCUT2D eigenvalue weighted by molar-refractivity contribution is -0.137. The van der Waals surface area contributed by atoms with Crippen molar-refractivity contribution < 1.29 is 27.5 Å². The Balaban J connectivity index is 1.42. The minimum Gasteiger partial charge on any atom is -0.490 e. The van der Waals surface area contributed by atoms with Gasteiger partial charge < -0.3 is 15.4 Å². The number of rotatable bonds is 5. The minimum atomic E-state index is -4.41. The van der Waals surface area contributed by atoms with E-state index in [9.17, 15) is 22.8 Å². The Morgan fingerprint density at radius 2 is 1.53 bits per heavy atom. The van der Waals surface area contributed by atoms with Gasteiger partial charge in [-0.05, 0) is 81.1 Å². The summed E-state index contributed by atoms with van der Waals surface area (Å²) < 4.78 is 43.7. The number of nitrogens with one attached hydrogen (secondary N) is 2. The van der Waals surface area contributed by atoms with Gasteiger partial charge in [0.1, 0.15) is 5.75 Å². The van der Waals surface area contributed by atoms with Crippen LogP contribution in [-0.2, 0) is 6.18 Å². The molecule has 0 saturated heterocycles. The van der Waals surface area contributed by atoms with Gasteiger partial charge in [-0.15, -0.1) is 0 Å². The summed E-state index contributed by atoms with van der Waals surface area (Å²) in [4.78, 5) is 23.4. The van der Waals surface area contributed by atoms with Crippen LogP contribution in [0.5, 0.6) is 5.75 Å². The lowest BCUT2D eigenvalue weighted by atomic mass is 9.93. The quantitative estimate of drug-likeness (QED) is 0.635. The molecule has 0 unspecified atom stereocenters. The third-order valence-electron chi connectivity index (χ3n) is 5.04. The molecule has 2 aromatic rings. The fourth-order valence-corrected chi connectivity index (χ4v) is 3.38. The fraction of sp³-hybridized carbons (Fsp3) is 0.364. The first-order valence-corrected chi connectivity index (χ1v) is 9.73. The molecule has 0 atom stereocenters. The highest BCUT2D eigenvalue weighted by Gasteiger charge is 2.30. The predicted octanol–water partition coefficient (Wildman–Crippen LogP) is 5.42. The van der Waals surface area contributed by atoms with Gasteiger partial charge in [-0.2, -0.15) is 13.2 Å². The van der Waals surface area contributed by atoms with Gasteiger partial charge in [0.15, 0.2) is 5.78 Å². The molecule has 8 heteroatoms. The molecule has 2 amide bonds. The first-order chi connectivity index (χ1) is 14.2. The summed E-state index contributed by atoms with van der Waals surface area (Å²) in [6.07, 6.45) is -1.38. The zero-order valence-electron chi connectivity index (χ0n) is 16.5. The maximum atomic E-state index is 12.6. The summed E-state index contributed by atoms with van der Waals surface area (Å²) in [5.41, 5.74) is 0.170. The number of anilines is 1. The van der Waals surface area contributed by atoms with Crippen LogP contribution in [0.2, 0.25) is 0 Å². The van der Waals surface area contributed by atoms with Gasteiger partial charge in [0.25, 0.3) is 0 Å². The number of ketones is 1. The van der Waals surface area contributed by atoms with Crippen molar-refractivity contribution in [3.8, 4) is 5.75 Å². The number of urea groups is 1. The summed E-state index contributed by atoms with van der Waals surface area (Å²) in [5, 5.41) is 5.41. The van der Waals surface area contributed by atoms with Crippen molar-refractivity contribution in [2.24, 2.45) is 0 Å². The van der Waals surface area contributed by atoms with Crippen molar-refractivity contribution in [3.63, 3.8) is 0 Å². The number of halogens is 3. The van der Waals surface area contributed by atoms with E-state index in [2.05, 4.69) is 10.6 Å². The van der Waals surface area contributed by atoms with Crippen LogP contribution in [0.25, 0.3) is 0 Å². The van der Waals surface area contributed by atoms with Crippen molar-refractivity contribution in [2.45, 2.75) is 50.9 Å². The summed E-state index contributed by atoms with van der Waals surface area (Å²) in [5.74, 6) is 0.708. The van der Waals surface area contributed by atoms with E-state index in [1.54, 1.807) is 24.3 Å². The molecular formula is C22H23F3N2O3. The molecule has 2 N–H and O–H groups in total. The number of Topliss-reactive ketones (excluding diaryl/α,β-unsaturated/α-hetero) is 1. The van der Waals surface area contributed by atoms with Crippen molar-refractivity contribution >= 4 is 17.5 Å². The second kappa shape index (κ2) is 9.19. The first kappa shape index (κ1) is 21.7. The first-order valence-electron chi connectivity index (χ1n) is 9.73. The molecule has 160 valence electrons. The van der Waals surface area contributed by atoms with E-state index in [0.29, 0.717) is 17.0 Å². The van der Waals surface area contributed by atoms with Crippen molar-refractivity contribution in [1.29, 1.82) is 0 Å². The molecule has 5 nitrogen and oxygen atoms in total. The van der Waals surface area contributed by atoms with Crippen LogP contribution >= 0.6 is 0 Å². The summed E-state index contributed by atoms with van der Waals surface area (Å²) in [6, 6.07) is 10.9. The molecule has 0 aromatic heterocycles. The molecule has 0 aliphatic heterocycles. The van der Waals surface area contributed by atoms with E-state index >= 15 is 0 Å². The smallest absolute Gasteiger partial charge is 0.416 e. The Kier molecular flexibility index (Phi) is 6.64. The number of carbonyl (C=O) groups is 2. The highest BCUT2D eigenvalue weighted by atomic mass is 19.4. The molecule has 30 heavy (non-hydrogen) atoms. The summed E-state index contributed by atoms with van der Waals surface area (Å²) in [6.45, 7) is 1.51. The molecule has 0 bridgehead atoms. The standard InChI is InChI=1S/C22H23F3N2O3/c1-14(28)15-2-10-19(11-3-15)30-20-12-8-18(9-13-20)27-21(29)26-17-6-4-16(5-7-17)22(23,24)25/h2-7,10-11,18,20H,8-9,12-13H2,1H3,(H2,26,27,29). The zero-order valence-corrected chi connectivity index (χ0v) is 16.5. The van der Waals surface area contributed by atoms with Crippen LogP contribution in [-0.4, -0.2) is 24.0 Å². The Hall–Kier alpha value is -3.03. The monoisotopic (exact) mass is 420 g/mol. The van der Waals surface area contributed by atoms with Crippen LogP contribution in [0.4, 0.5) is 23.7 Å². The van der Waals surface area contributed by atoms with Gasteiger partial charge in [0, 0.05) is 17.3 Å². The third kappa shape index (κ3) is 5.98. The number of amides is 2. The Morgan fingerprint density at radius 1 is 0.933 bits per heavy atom. The van der Waals surface area contributed by atoms with Gasteiger partial charge in [-0.1, -0.05) is 0 Å². The molecular weight excluding hydrogens is 397 g/mol. The lowest BCUT2D eigenvalue weighted by Gasteiger charge is -2.29. The number of hydrogen-bond donors (Lipinski definition) is 2. The van der Waals surface area contributed by atoms with Crippen molar-refractivity contribution in [3.05, 3.63) is 59.7 Å². The number of ether oxygens (including phenoxy) is 1. The van der Waals surface area contributed by atoms with E-state index in [1.165, 1.54) is 19.1 Å². The average Bonchev–Trinajstić information content (AvgIpc) is 2.69. The normalized spacial score (nSPS) is 19.1. The summed E-state index contributed by atoms with van der Waals surface area (Å²) in [7, 11) is 0. The SMILES string of the molecule is CC(=O)c1ccc(OC2CCC(NC(=O)Nc3ccc(C(F)(F)F)cc3)CC2)cc1. The second-order valence-corrected chi connectivity index (χ2v) is 7.35. The molecule has 1 aliphatic carbocycles. The number of hydrogen-bond acceptors (Lipinski definition) is 3. The molecule has 1 saturated carbocycles. The van der Waals surface area contributed by atoms with Crippen LogP contribution < -0.4 is 15.4 Å². The topological polar surface area (TPSA) is 67.4 Å². The Bertz CT molecular complexity index is 872. The van der Waals surface area contributed by atoms with Crippen molar-refractivity contribution in [1.82, 2.24) is 5.32 Å². The molecule has 0 radical (unpaired) electrons. The van der Waals surface area contributed by atoms with E-state index < -0.39 is 17.8 Å². The van der Waals surface area contributed by atoms with Gasteiger partial charge in [-0.3, -0.25) is 4.79 Å². The molecule has 3 rings (SSSR count). The Morgan fingerprint density at radius 3 is 2.07 bits per heavy atom. The second-order valence-electron chi connectivity index (χ2n) is 7.35. The molecule has 0 spiro atoms. The van der Waals surface area contributed by atoms with E-state index in [4.69, 9.17) is 4.74 Å². The minimum absolute atomic E-state index is 0.00250. The molecule has 2 aromatic carbocycles. The highest BCUT2D eigenvalue weighted by molar-refractivity contribution is 5.94. The maximum absolute atomic E-state index is 12.6. The van der Waals surface area contributed by atoms with Crippen LogP contribution in [0.15, 0.2) is 48.5 Å². The molecule has 1 aliphatic rings. The van der Waals surface area contributed by atoms with E-state index in [-0.39, 0.29) is 17.9 Å². The van der Waals surface area contributed by atoms with Gasteiger partial charge in [0.2, 0.25) is 0 Å². The van der Waals surface area contributed by atoms with Gasteiger partial charge in [0.05, 0.1) is 11.7 Å². The molecule has 1 fully saturated rings. The fourth-order valence-electron chi connectivity index (χ4n) is 3.38. The van der Waals surface area contributed by atoms with Gasteiger partial charge in [-0.25, -0.2) is 4.79 Å². The van der Waals surface area contributed by atoms with Gasteiger partial charge >= 0.3 is 12.2 Å². The Labute approximate surface area is 172 Å². The predicted molar refractivity (Wildman–Crippen MR) is 107 cm³/mol. The van der Waals surface area contributed by atoms with Crippen LogP contribution in [0.3, 0.4) is 0 Å². The third-order valence-corrected chi connectivity index (χ3v) is 5.04.